The maximum atomic E-state index is 12.9. The molecule has 5 aromatic rings. The van der Waals surface area contributed by atoms with E-state index in [0.29, 0.717) is 41.6 Å². The lowest BCUT2D eigenvalue weighted by atomic mass is 9.98. The minimum absolute atomic E-state index is 0.223. The topological polar surface area (TPSA) is 108 Å². The molecule has 1 N–H and O–H groups in total. The Labute approximate surface area is 208 Å². The number of aromatic amines is 1. The summed E-state index contributed by atoms with van der Waals surface area (Å²) in [6.45, 7) is 6.51. The number of aromatic nitrogens is 6. The number of nitrogens with one attached hydrogen (secondary N) is 1. The number of carbonyl (C=O) groups excluding carboxylic acids is 1. The van der Waals surface area contributed by atoms with Crippen molar-refractivity contribution in [3.63, 3.8) is 0 Å². The van der Waals surface area contributed by atoms with Crippen LogP contribution in [0.4, 0.5) is 0 Å². The van der Waals surface area contributed by atoms with Crippen LogP contribution in [0.25, 0.3) is 33.5 Å². The third-order valence-electron chi connectivity index (χ3n) is 5.70. The van der Waals surface area contributed by atoms with Crippen LogP contribution in [0.5, 0.6) is 6.01 Å². The van der Waals surface area contributed by atoms with Gasteiger partial charge in [-0.2, -0.15) is 4.98 Å². The fourth-order valence-corrected chi connectivity index (χ4v) is 4.18. The summed E-state index contributed by atoms with van der Waals surface area (Å²) in [6.07, 6.45) is -0.223. The highest BCUT2D eigenvalue weighted by molar-refractivity contribution is 6.02. The summed E-state index contributed by atoms with van der Waals surface area (Å²) in [5.41, 5.74) is 5.84. The Kier molecular flexibility index (Phi) is 6.44. The Morgan fingerprint density at radius 3 is 2.47 bits per heavy atom. The summed E-state index contributed by atoms with van der Waals surface area (Å²) in [5, 5.41) is 14.3. The first-order valence-corrected chi connectivity index (χ1v) is 11.8. The van der Waals surface area contributed by atoms with Gasteiger partial charge in [-0.3, -0.25) is 4.57 Å². The Hall–Kier alpha value is -4.53. The molecule has 0 amide bonds. The number of H-pyrrole nitrogens is 1. The number of hydrogen-bond donors (Lipinski definition) is 1. The largest absolute Gasteiger partial charge is 0.465 e. The van der Waals surface area contributed by atoms with Gasteiger partial charge >= 0.3 is 5.97 Å². The van der Waals surface area contributed by atoms with E-state index in [9.17, 15) is 4.79 Å². The van der Waals surface area contributed by atoms with Gasteiger partial charge in [0.15, 0.2) is 5.82 Å². The van der Waals surface area contributed by atoms with Crippen molar-refractivity contribution < 1.29 is 14.3 Å². The Balaban J connectivity index is 1.51. The van der Waals surface area contributed by atoms with Gasteiger partial charge in [-0.25, -0.2) is 9.89 Å². The van der Waals surface area contributed by atoms with E-state index in [4.69, 9.17) is 9.47 Å². The molecule has 0 atom stereocenters. The fourth-order valence-electron chi connectivity index (χ4n) is 4.18. The normalized spacial score (nSPS) is 11.2. The Morgan fingerprint density at radius 1 is 1.00 bits per heavy atom. The third-order valence-corrected chi connectivity index (χ3v) is 5.70. The van der Waals surface area contributed by atoms with Gasteiger partial charge in [0.25, 0.3) is 6.01 Å². The molecule has 36 heavy (non-hydrogen) atoms. The number of tetrazole rings is 1. The molecule has 0 aliphatic carbocycles. The molecule has 2 aromatic heterocycles. The van der Waals surface area contributed by atoms with Crippen LogP contribution in [0.2, 0.25) is 0 Å². The zero-order valence-corrected chi connectivity index (χ0v) is 20.3. The van der Waals surface area contributed by atoms with Gasteiger partial charge in [-0.15, -0.1) is 5.10 Å². The number of fused-ring (bicyclic) bond motifs is 1. The highest BCUT2D eigenvalue weighted by Gasteiger charge is 2.21. The molecule has 0 unspecified atom stereocenters. The van der Waals surface area contributed by atoms with Gasteiger partial charge in [0.2, 0.25) is 0 Å². The van der Waals surface area contributed by atoms with Crippen molar-refractivity contribution in [2.75, 3.05) is 6.61 Å². The molecule has 0 aliphatic rings. The third kappa shape index (κ3) is 4.55. The van der Waals surface area contributed by atoms with Gasteiger partial charge in [-0.1, -0.05) is 54.6 Å². The minimum atomic E-state index is -0.381. The summed E-state index contributed by atoms with van der Waals surface area (Å²) in [7, 11) is 0. The molecular weight excluding hydrogens is 456 g/mol. The lowest BCUT2D eigenvalue weighted by molar-refractivity contribution is 0.0380. The maximum absolute atomic E-state index is 12.9. The molecule has 0 aliphatic heterocycles. The van der Waals surface area contributed by atoms with Crippen molar-refractivity contribution in [1.29, 1.82) is 0 Å². The number of rotatable bonds is 8. The van der Waals surface area contributed by atoms with Crippen molar-refractivity contribution in [3.8, 4) is 28.5 Å². The molecule has 0 fully saturated rings. The molecule has 0 saturated heterocycles. The summed E-state index contributed by atoms with van der Waals surface area (Å²) in [6, 6.07) is 22.1. The van der Waals surface area contributed by atoms with Crippen LogP contribution in [0.1, 0.15) is 36.7 Å². The van der Waals surface area contributed by atoms with Crippen LogP contribution >= 0.6 is 0 Å². The molecule has 0 bridgehead atoms. The van der Waals surface area contributed by atoms with Gasteiger partial charge in [0.05, 0.1) is 35.9 Å². The Morgan fingerprint density at radius 2 is 1.78 bits per heavy atom. The quantitative estimate of drug-likeness (QED) is 0.314. The zero-order valence-electron chi connectivity index (χ0n) is 20.3. The molecule has 9 nitrogen and oxygen atoms in total. The van der Waals surface area contributed by atoms with Gasteiger partial charge in [-0.05, 0) is 60.0 Å². The number of carbonyl (C=O) groups is 1. The van der Waals surface area contributed by atoms with Crippen LogP contribution < -0.4 is 4.74 Å². The molecule has 3 aromatic carbocycles. The number of hydrogen-bond acceptors (Lipinski definition) is 7. The van der Waals surface area contributed by atoms with E-state index in [1.165, 1.54) is 0 Å². The van der Waals surface area contributed by atoms with E-state index in [0.717, 1.165) is 22.3 Å². The summed E-state index contributed by atoms with van der Waals surface area (Å²) < 4.78 is 13.3. The van der Waals surface area contributed by atoms with E-state index in [1.807, 2.05) is 61.7 Å². The van der Waals surface area contributed by atoms with Crippen molar-refractivity contribution in [1.82, 2.24) is 30.2 Å². The predicted octanol–water partition coefficient (Wildman–Crippen LogP) is 4.90. The first-order chi connectivity index (χ1) is 17.5. The number of ether oxygens (including phenoxy) is 2. The number of para-hydroxylation sites is 1. The van der Waals surface area contributed by atoms with Crippen LogP contribution in [0.15, 0.2) is 66.7 Å². The van der Waals surface area contributed by atoms with Gasteiger partial charge in [0.1, 0.15) is 0 Å². The summed E-state index contributed by atoms with van der Waals surface area (Å²) in [5.74, 6) is 0.232. The number of nitrogens with zero attached hydrogens (tertiary/aromatic N) is 5. The summed E-state index contributed by atoms with van der Waals surface area (Å²) >= 11 is 0. The number of esters is 1. The maximum Gasteiger partial charge on any atom is 0.340 e. The SMILES string of the molecule is CCOc1nc2cccc(C(=O)OC(C)C)c2n1Cc1ccc(-c2ccccc2-c2nnn[nH]2)cc1. The van der Waals surface area contributed by atoms with Crippen molar-refractivity contribution >= 4 is 17.0 Å². The summed E-state index contributed by atoms with van der Waals surface area (Å²) in [4.78, 5) is 17.5. The number of imidazole rings is 1. The average molecular weight is 483 g/mol. The van der Waals surface area contributed by atoms with Crippen LogP contribution in [0, 0.1) is 0 Å². The lowest BCUT2D eigenvalue weighted by Gasteiger charge is -2.13. The second-order valence-electron chi connectivity index (χ2n) is 8.53. The van der Waals surface area contributed by atoms with Gasteiger partial charge < -0.3 is 9.47 Å². The monoisotopic (exact) mass is 482 g/mol. The van der Waals surface area contributed by atoms with E-state index in [-0.39, 0.29) is 12.1 Å². The van der Waals surface area contributed by atoms with Crippen molar-refractivity contribution in [3.05, 3.63) is 77.9 Å². The second kappa shape index (κ2) is 9.99. The highest BCUT2D eigenvalue weighted by atomic mass is 16.5. The molecule has 0 radical (unpaired) electrons. The van der Waals surface area contributed by atoms with Gasteiger partial charge in [0, 0.05) is 5.56 Å². The smallest absolute Gasteiger partial charge is 0.340 e. The van der Waals surface area contributed by atoms with E-state index in [2.05, 4.69) is 49.9 Å². The van der Waals surface area contributed by atoms with E-state index < -0.39 is 0 Å². The molecule has 9 heteroatoms. The highest BCUT2D eigenvalue weighted by Crippen LogP contribution is 2.31. The van der Waals surface area contributed by atoms with E-state index in [1.54, 1.807) is 6.07 Å². The lowest BCUT2D eigenvalue weighted by Crippen LogP contribution is -2.14. The molecule has 182 valence electrons. The van der Waals surface area contributed by atoms with Crippen LogP contribution in [-0.4, -0.2) is 48.9 Å². The fraction of sp³-hybridized carbons (Fsp3) is 0.222. The molecule has 0 saturated carbocycles. The Bertz CT molecular complexity index is 1490. The molecule has 0 spiro atoms. The van der Waals surface area contributed by atoms with Crippen LogP contribution in [-0.2, 0) is 11.3 Å². The van der Waals surface area contributed by atoms with E-state index >= 15 is 0 Å². The first kappa shape index (κ1) is 23.2. The van der Waals surface area contributed by atoms with Crippen LogP contribution in [0.3, 0.4) is 0 Å². The molecule has 2 heterocycles. The zero-order chi connectivity index (χ0) is 25.1. The van der Waals surface area contributed by atoms with Crippen molar-refractivity contribution in [2.45, 2.75) is 33.4 Å². The second-order valence-corrected chi connectivity index (χ2v) is 8.53. The standard InChI is InChI=1S/C27H26N6O3/c1-4-35-27-28-23-11-7-10-22(26(34)36-17(2)3)24(23)33(27)16-18-12-14-19(15-13-18)20-8-5-6-9-21(20)25-29-31-32-30-25/h5-15,17H,4,16H2,1-3H3,(H,29,30,31,32). The average Bonchev–Trinajstić information content (AvgIpc) is 3.53. The first-order valence-electron chi connectivity index (χ1n) is 11.8. The molecule has 5 rings (SSSR count). The minimum Gasteiger partial charge on any atom is -0.465 e. The number of benzene rings is 3. The van der Waals surface area contributed by atoms with Crippen molar-refractivity contribution in [2.24, 2.45) is 0 Å². The molecular formula is C27H26N6O3. The predicted molar refractivity (Wildman–Crippen MR) is 136 cm³/mol.